The second kappa shape index (κ2) is 8.73. The van der Waals surface area contributed by atoms with Crippen molar-refractivity contribution >= 4 is 23.0 Å². The van der Waals surface area contributed by atoms with E-state index in [1.165, 1.54) is 22.5 Å². The summed E-state index contributed by atoms with van der Waals surface area (Å²) in [7, 11) is 0. The van der Waals surface area contributed by atoms with Crippen LogP contribution in [0.15, 0.2) is 54.9 Å². The Kier molecular flexibility index (Phi) is 5.85. The molecule has 1 atom stereocenters. The Morgan fingerprint density at radius 2 is 1.83 bits per heavy atom. The van der Waals surface area contributed by atoms with Crippen LogP contribution < -0.4 is 11.1 Å². The number of hydrogen-bond acceptors (Lipinski definition) is 6. The average molecular weight is 496 g/mol. The SMILES string of the molecule is Cc1cc(Nc2cc(C(F)(F)F)ccn2)nc(-c2cnc(C3(N)CCCc4cc(C)ccc43)s2)c1. The number of thiazole rings is 1. The molecule has 9 heteroatoms. The molecule has 0 amide bonds. The Hall–Kier alpha value is -3.30. The minimum Gasteiger partial charge on any atom is -0.325 e. The standard InChI is InChI=1S/C26H24F3N5S/c1-15-5-6-19-17(10-15)4-3-8-25(19,30)24-32-14-21(35-24)20-11-16(2)12-23(33-20)34-22-13-18(7-9-31-22)26(27,28)29/h5-7,9-14H,3-4,8,30H2,1-2H3,(H,31,33,34). The molecular formula is C26H24F3N5S. The van der Waals surface area contributed by atoms with Crippen LogP contribution in [-0.2, 0) is 18.1 Å². The van der Waals surface area contributed by atoms with Gasteiger partial charge >= 0.3 is 6.18 Å². The van der Waals surface area contributed by atoms with Gasteiger partial charge in [0, 0.05) is 12.4 Å². The molecule has 1 aliphatic carbocycles. The highest BCUT2D eigenvalue weighted by atomic mass is 32.1. The number of halogens is 3. The van der Waals surface area contributed by atoms with E-state index >= 15 is 0 Å². The van der Waals surface area contributed by atoms with E-state index in [-0.39, 0.29) is 5.82 Å². The van der Waals surface area contributed by atoms with Crippen LogP contribution in [0.3, 0.4) is 0 Å². The minimum atomic E-state index is -4.45. The highest BCUT2D eigenvalue weighted by Crippen LogP contribution is 2.42. The third-order valence-corrected chi connectivity index (χ3v) is 7.41. The molecule has 0 aliphatic heterocycles. The lowest BCUT2D eigenvalue weighted by atomic mass is 9.77. The second-order valence-corrected chi connectivity index (χ2v) is 10.0. The normalized spacial score (nSPS) is 17.8. The summed E-state index contributed by atoms with van der Waals surface area (Å²) in [4.78, 5) is 14.2. The summed E-state index contributed by atoms with van der Waals surface area (Å²) < 4.78 is 39.2. The van der Waals surface area contributed by atoms with Crippen LogP contribution in [0.1, 0.15) is 45.7 Å². The number of aromatic nitrogens is 3. The molecule has 0 radical (unpaired) electrons. The maximum atomic E-state index is 13.1. The Morgan fingerprint density at radius 1 is 1.00 bits per heavy atom. The predicted molar refractivity (Wildman–Crippen MR) is 132 cm³/mol. The van der Waals surface area contributed by atoms with Crippen LogP contribution in [0.4, 0.5) is 24.8 Å². The molecule has 1 unspecified atom stereocenters. The Morgan fingerprint density at radius 3 is 2.63 bits per heavy atom. The van der Waals surface area contributed by atoms with Crippen LogP contribution in [0.5, 0.6) is 0 Å². The number of rotatable bonds is 4. The number of aryl methyl sites for hydroxylation is 3. The van der Waals surface area contributed by atoms with Gasteiger partial charge in [-0.25, -0.2) is 15.0 Å². The summed E-state index contributed by atoms with van der Waals surface area (Å²) in [5.74, 6) is 0.478. The van der Waals surface area contributed by atoms with Crippen molar-refractivity contribution in [2.45, 2.75) is 44.8 Å². The molecule has 3 N–H and O–H groups in total. The van der Waals surface area contributed by atoms with Gasteiger partial charge in [0.2, 0.25) is 0 Å². The van der Waals surface area contributed by atoms with E-state index in [2.05, 4.69) is 45.4 Å². The molecule has 0 saturated heterocycles. The molecule has 1 aromatic carbocycles. The summed E-state index contributed by atoms with van der Waals surface area (Å²) >= 11 is 1.50. The molecule has 1 aliphatic rings. The van der Waals surface area contributed by atoms with E-state index in [9.17, 15) is 13.2 Å². The monoisotopic (exact) mass is 495 g/mol. The molecule has 3 heterocycles. The molecule has 4 aromatic rings. The predicted octanol–water partition coefficient (Wildman–Crippen LogP) is 6.52. The molecule has 5 nitrogen and oxygen atoms in total. The molecular weight excluding hydrogens is 471 g/mol. The van der Waals surface area contributed by atoms with Gasteiger partial charge in [-0.3, -0.25) is 0 Å². The Labute approximate surface area is 205 Å². The maximum Gasteiger partial charge on any atom is 0.416 e. The zero-order valence-corrected chi connectivity index (χ0v) is 20.1. The molecule has 0 fully saturated rings. The fourth-order valence-corrected chi connectivity index (χ4v) is 5.56. The molecule has 0 bridgehead atoms. The highest BCUT2D eigenvalue weighted by molar-refractivity contribution is 7.15. The van der Waals surface area contributed by atoms with Gasteiger partial charge in [-0.1, -0.05) is 23.8 Å². The Balaban J connectivity index is 1.46. The first-order valence-electron chi connectivity index (χ1n) is 11.3. The summed E-state index contributed by atoms with van der Waals surface area (Å²) in [6.45, 7) is 3.99. The van der Waals surface area contributed by atoms with Crippen LogP contribution in [0.25, 0.3) is 10.6 Å². The van der Waals surface area contributed by atoms with Crippen molar-refractivity contribution in [2.75, 3.05) is 5.32 Å². The van der Waals surface area contributed by atoms with E-state index < -0.39 is 17.3 Å². The number of pyridine rings is 2. The van der Waals surface area contributed by atoms with Gasteiger partial charge in [-0.2, -0.15) is 13.2 Å². The molecule has 0 spiro atoms. The van der Waals surface area contributed by atoms with Gasteiger partial charge in [-0.15, -0.1) is 11.3 Å². The first-order valence-corrected chi connectivity index (χ1v) is 12.1. The lowest BCUT2D eigenvalue weighted by Crippen LogP contribution is -2.41. The maximum absolute atomic E-state index is 13.1. The van der Waals surface area contributed by atoms with Crippen molar-refractivity contribution in [2.24, 2.45) is 5.73 Å². The lowest BCUT2D eigenvalue weighted by Gasteiger charge is -2.34. The summed E-state index contributed by atoms with van der Waals surface area (Å²) in [6.07, 6.45) is 1.26. The first-order chi connectivity index (χ1) is 16.6. The molecule has 180 valence electrons. The van der Waals surface area contributed by atoms with Gasteiger partial charge in [0.25, 0.3) is 0 Å². The fraction of sp³-hybridized carbons (Fsp3) is 0.269. The van der Waals surface area contributed by atoms with Crippen molar-refractivity contribution in [3.63, 3.8) is 0 Å². The number of nitrogens with one attached hydrogen (secondary N) is 1. The van der Waals surface area contributed by atoms with E-state index in [1.807, 2.05) is 13.0 Å². The first kappa shape index (κ1) is 23.4. The third-order valence-electron chi connectivity index (χ3n) is 6.21. The van der Waals surface area contributed by atoms with Gasteiger partial charge in [0.1, 0.15) is 16.6 Å². The average Bonchev–Trinajstić information content (AvgIpc) is 3.30. The van der Waals surface area contributed by atoms with Crippen molar-refractivity contribution in [3.05, 3.63) is 87.7 Å². The number of anilines is 2. The molecule has 0 saturated carbocycles. The largest absolute Gasteiger partial charge is 0.416 e. The quantitative estimate of drug-likeness (QED) is 0.337. The van der Waals surface area contributed by atoms with Gasteiger partial charge in [0.05, 0.1) is 21.7 Å². The number of fused-ring (bicyclic) bond motifs is 1. The Bertz CT molecular complexity index is 1400. The molecule has 5 rings (SSSR count). The number of hydrogen-bond donors (Lipinski definition) is 2. The summed E-state index contributed by atoms with van der Waals surface area (Å²) in [6, 6.07) is 12.0. The van der Waals surface area contributed by atoms with Gasteiger partial charge in [-0.05, 0) is 74.1 Å². The van der Waals surface area contributed by atoms with Crippen LogP contribution in [0, 0.1) is 13.8 Å². The van der Waals surface area contributed by atoms with Crippen molar-refractivity contribution in [3.8, 4) is 10.6 Å². The third kappa shape index (κ3) is 4.66. The summed E-state index contributed by atoms with van der Waals surface area (Å²) in [5, 5.41) is 3.73. The smallest absolute Gasteiger partial charge is 0.325 e. The second-order valence-electron chi connectivity index (χ2n) is 8.98. The zero-order chi connectivity index (χ0) is 24.8. The van der Waals surface area contributed by atoms with E-state index in [1.54, 1.807) is 12.3 Å². The summed E-state index contributed by atoms with van der Waals surface area (Å²) in [5.41, 5.74) is 10.7. The number of nitrogens with zero attached hydrogens (tertiary/aromatic N) is 3. The molecule has 3 aromatic heterocycles. The minimum absolute atomic E-state index is 0.0730. The fourth-order valence-electron chi connectivity index (χ4n) is 4.54. The van der Waals surface area contributed by atoms with Crippen LogP contribution in [-0.4, -0.2) is 15.0 Å². The van der Waals surface area contributed by atoms with Crippen LogP contribution in [0.2, 0.25) is 0 Å². The van der Waals surface area contributed by atoms with Crippen molar-refractivity contribution in [1.29, 1.82) is 0 Å². The highest BCUT2D eigenvalue weighted by Gasteiger charge is 2.37. The topological polar surface area (TPSA) is 76.7 Å². The van der Waals surface area contributed by atoms with E-state index in [0.717, 1.165) is 58.6 Å². The number of alkyl halides is 3. The zero-order valence-electron chi connectivity index (χ0n) is 19.3. The van der Waals surface area contributed by atoms with Crippen LogP contribution >= 0.6 is 11.3 Å². The van der Waals surface area contributed by atoms with E-state index in [4.69, 9.17) is 5.73 Å². The van der Waals surface area contributed by atoms with Gasteiger partial charge in [0.15, 0.2) is 0 Å². The van der Waals surface area contributed by atoms with E-state index in [0.29, 0.717) is 11.5 Å². The molecule has 35 heavy (non-hydrogen) atoms. The van der Waals surface area contributed by atoms with Gasteiger partial charge < -0.3 is 11.1 Å². The lowest BCUT2D eigenvalue weighted by molar-refractivity contribution is -0.137. The number of nitrogens with two attached hydrogens (primary N) is 1. The van der Waals surface area contributed by atoms with Crippen molar-refractivity contribution < 1.29 is 13.2 Å². The van der Waals surface area contributed by atoms with Crippen molar-refractivity contribution in [1.82, 2.24) is 15.0 Å². The number of benzene rings is 1.